The lowest BCUT2D eigenvalue weighted by molar-refractivity contribution is -0.130. The van der Waals surface area contributed by atoms with E-state index in [1.165, 1.54) is 32.1 Å². The highest BCUT2D eigenvalue weighted by Crippen LogP contribution is 2.32. The summed E-state index contributed by atoms with van der Waals surface area (Å²) in [5, 5.41) is 3.67. The number of carbonyl (C=O) groups is 1. The first-order chi connectivity index (χ1) is 10.1. The molecule has 0 aromatic rings. The lowest BCUT2D eigenvalue weighted by Crippen LogP contribution is -2.43. The standard InChI is InChI=1S/C17H33N3O/c1-4-5-11-15-17(21)20(13-8-12-19(2)3)16(18-15)14-9-6-7-10-14/h14-16,18H,4-13H2,1-3H3. The first kappa shape index (κ1) is 16.8. The van der Waals surface area contributed by atoms with Crippen molar-refractivity contribution < 1.29 is 4.79 Å². The van der Waals surface area contributed by atoms with Gasteiger partial charge in [-0.15, -0.1) is 0 Å². The van der Waals surface area contributed by atoms with Gasteiger partial charge in [-0.3, -0.25) is 10.1 Å². The van der Waals surface area contributed by atoms with Gasteiger partial charge in [0.15, 0.2) is 0 Å². The number of hydrogen-bond donors (Lipinski definition) is 1. The van der Waals surface area contributed by atoms with E-state index in [0.717, 1.165) is 32.4 Å². The monoisotopic (exact) mass is 295 g/mol. The molecule has 0 aromatic heterocycles. The van der Waals surface area contributed by atoms with Gasteiger partial charge in [-0.05, 0) is 52.2 Å². The summed E-state index contributed by atoms with van der Waals surface area (Å²) in [5.74, 6) is 1.04. The zero-order valence-corrected chi connectivity index (χ0v) is 14.1. The van der Waals surface area contributed by atoms with Crippen LogP contribution in [0.5, 0.6) is 0 Å². The van der Waals surface area contributed by atoms with Gasteiger partial charge in [0.05, 0.1) is 12.2 Å². The van der Waals surface area contributed by atoms with Crippen LogP contribution < -0.4 is 5.32 Å². The molecule has 122 valence electrons. The van der Waals surface area contributed by atoms with E-state index in [1.54, 1.807) is 0 Å². The normalized spacial score (nSPS) is 27.2. The highest BCUT2D eigenvalue weighted by Gasteiger charge is 2.42. The summed E-state index contributed by atoms with van der Waals surface area (Å²) >= 11 is 0. The van der Waals surface area contributed by atoms with Gasteiger partial charge >= 0.3 is 0 Å². The van der Waals surface area contributed by atoms with Crippen LogP contribution in [0.2, 0.25) is 0 Å². The molecule has 2 atom stereocenters. The fourth-order valence-electron chi connectivity index (χ4n) is 3.79. The van der Waals surface area contributed by atoms with Crippen molar-refractivity contribution in [1.29, 1.82) is 0 Å². The van der Waals surface area contributed by atoms with Gasteiger partial charge in [-0.1, -0.05) is 32.6 Å². The van der Waals surface area contributed by atoms with Crippen LogP contribution in [0, 0.1) is 5.92 Å². The number of rotatable bonds is 8. The van der Waals surface area contributed by atoms with Gasteiger partial charge in [0.1, 0.15) is 0 Å². The molecule has 1 saturated heterocycles. The highest BCUT2D eigenvalue weighted by atomic mass is 16.2. The van der Waals surface area contributed by atoms with E-state index in [-0.39, 0.29) is 6.04 Å². The Labute approximate surface area is 130 Å². The molecule has 1 aliphatic heterocycles. The SMILES string of the molecule is CCCCC1NC(C2CCCC2)N(CCCN(C)C)C1=O. The van der Waals surface area contributed by atoms with Crippen molar-refractivity contribution in [1.82, 2.24) is 15.1 Å². The highest BCUT2D eigenvalue weighted by molar-refractivity contribution is 5.84. The molecule has 4 heteroatoms. The van der Waals surface area contributed by atoms with Gasteiger partial charge < -0.3 is 9.80 Å². The Morgan fingerprint density at radius 1 is 1.24 bits per heavy atom. The van der Waals surface area contributed by atoms with Crippen LogP contribution in [-0.2, 0) is 4.79 Å². The van der Waals surface area contributed by atoms with E-state index in [9.17, 15) is 4.79 Å². The van der Waals surface area contributed by atoms with Crippen molar-refractivity contribution in [3.63, 3.8) is 0 Å². The lowest BCUT2D eigenvalue weighted by Gasteiger charge is -2.29. The first-order valence-electron chi connectivity index (χ1n) is 8.84. The summed E-state index contributed by atoms with van der Waals surface area (Å²) < 4.78 is 0. The molecule has 1 heterocycles. The number of nitrogens with zero attached hydrogens (tertiary/aromatic N) is 2. The lowest BCUT2D eigenvalue weighted by atomic mass is 10.0. The number of carbonyl (C=O) groups excluding carboxylic acids is 1. The van der Waals surface area contributed by atoms with Crippen LogP contribution >= 0.6 is 0 Å². The molecule has 1 N–H and O–H groups in total. The molecule has 1 saturated carbocycles. The van der Waals surface area contributed by atoms with Gasteiger partial charge in [-0.2, -0.15) is 0 Å². The average Bonchev–Trinajstić information content (AvgIpc) is 3.06. The zero-order valence-electron chi connectivity index (χ0n) is 14.1. The molecule has 21 heavy (non-hydrogen) atoms. The second kappa shape index (κ2) is 8.14. The summed E-state index contributed by atoms with van der Waals surface area (Å²) in [5.41, 5.74) is 0. The van der Waals surface area contributed by atoms with Crippen molar-refractivity contribution in [2.24, 2.45) is 5.92 Å². The molecule has 0 aromatic carbocycles. The van der Waals surface area contributed by atoms with Crippen molar-refractivity contribution in [2.45, 2.75) is 70.5 Å². The second-order valence-corrected chi connectivity index (χ2v) is 7.04. The largest absolute Gasteiger partial charge is 0.325 e. The minimum Gasteiger partial charge on any atom is -0.325 e. The molecule has 1 aliphatic carbocycles. The molecule has 4 nitrogen and oxygen atoms in total. The Hall–Kier alpha value is -0.610. The summed E-state index contributed by atoms with van der Waals surface area (Å²) in [4.78, 5) is 17.1. The Morgan fingerprint density at radius 3 is 2.57 bits per heavy atom. The van der Waals surface area contributed by atoms with E-state index in [4.69, 9.17) is 0 Å². The Kier molecular flexibility index (Phi) is 6.49. The molecule has 0 radical (unpaired) electrons. The molecular formula is C17H33N3O. The third-order valence-electron chi connectivity index (χ3n) is 4.99. The van der Waals surface area contributed by atoms with E-state index >= 15 is 0 Å². The molecule has 0 spiro atoms. The Bertz CT molecular complexity index is 326. The minimum atomic E-state index is 0.0786. The van der Waals surface area contributed by atoms with Gasteiger partial charge in [-0.25, -0.2) is 0 Å². The van der Waals surface area contributed by atoms with Crippen LogP contribution in [-0.4, -0.2) is 55.1 Å². The maximum absolute atomic E-state index is 12.7. The number of unbranched alkanes of at least 4 members (excludes halogenated alkanes) is 1. The van der Waals surface area contributed by atoms with Crippen LogP contribution in [0.15, 0.2) is 0 Å². The summed E-state index contributed by atoms with van der Waals surface area (Å²) in [6.07, 6.45) is 9.94. The molecule has 2 aliphatic rings. The van der Waals surface area contributed by atoms with Crippen molar-refractivity contribution in [3.8, 4) is 0 Å². The predicted octanol–water partition coefficient (Wildman–Crippen LogP) is 2.45. The van der Waals surface area contributed by atoms with E-state index in [2.05, 4.69) is 36.1 Å². The first-order valence-corrected chi connectivity index (χ1v) is 8.84. The van der Waals surface area contributed by atoms with Gasteiger partial charge in [0.2, 0.25) is 5.91 Å². The molecule has 2 rings (SSSR count). The smallest absolute Gasteiger partial charge is 0.241 e. The predicted molar refractivity (Wildman–Crippen MR) is 87.1 cm³/mol. The minimum absolute atomic E-state index is 0.0786. The van der Waals surface area contributed by atoms with E-state index in [1.807, 2.05) is 0 Å². The van der Waals surface area contributed by atoms with Crippen molar-refractivity contribution >= 4 is 5.91 Å². The fraction of sp³-hybridized carbons (Fsp3) is 0.941. The van der Waals surface area contributed by atoms with E-state index in [0.29, 0.717) is 18.0 Å². The maximum atomic E-state index is 12.7. The number of amides is 1. The van der Waals surface area contributed by atoms with Crippen LogP contribution in [0.4, 0.5) is 0 Å². The third-order valence-corrected chi connectivity index (χ3v) is 4.99. The number of nitrogens with one attached hydrogen (secondary N) is 1. The van der Waals surface area contributed by atoms with Crippen LogP contribution in [0.25, 0.3) is 0 Å². The Morgan fingerprint density at radius 2 is 1.95 bits per heavy atom. The average molecular weight is 295 g/mol. The van der Waals surface area contributed by atoms with Crippen molar-refractivity contribution in [2.75, 3.05) is 27.2 Å². The fourth-order valence-corrected chi connectivity index (χ4v) is 3.79. The van der Waals surface area contributed by atoms with Gasteiger partial charge in [0, 0.05) is 6.54 Å². The third kappa shape index (κ3) is 4.43. The van der Waals surface area contributed by atoms with Crippen LogP contribution in [0.1, 0.15) is 58.3 Å². The quantitative estimate of drug-likeness (QED) is 0.747. The zero-order chi connectivity index (χ0) is 15.2. The summed E-state index contributed by atoms with van der Waals surface area (Å²) in [6, 6.07) is 0.0786. The maximum Gasteiger partial charge on any atom is 0.241 e. The van der Waals surface area contributed by atoms with Crippen molar-refractivity contribution in [3.05, 3.63) is 0 Å². The summed E-state index contributed by atoms with van der Waals surface area (Å²) in [7, 11) is 4.20. The summed E-state index contributed by atoms with van der Waals surface area (Å²) in [6.45, 7) is 4.16. The topological polar surface area (TPSA) is 35.6 Å². The molecular weight excluding hydrogens is 262 g/mol. The molecule has 0 bridgehead atoms. The molecule has 1 amide bonds. The van der Waals surface area contributed by atoms with E-state index < -0.39 is 0 Å². The Balaban J connectivity index is 1.95. The second-order valence-electron chi connectivity index (χ2n) is 7.04. The van der Waals surface area contributed by atoms with Gasteiger partial charge in [0.25, 0.3) is 0 Å². The van der Waals surface area contributed by atoms with Crippen LogP contribution in [0.3, 0.4) is 0 Å². The molecule has 2 unspecified atom stereocenters. The number of hydrogen-bond acceptors (Lipinski definition) is 3. The molecule has 2 fully saturated rings.